The summed E-state index contributed by atoms with van der Waals surface area (Å²) in [5, 5.41) is 7.10. The van der Waals surface area contributed by atoms with E-state index in [0.29, 0.717) is 18.1 Å². The van der Waals surface area contributed by atoms with Crippen LogP contribution >= 0.6 is 15.9 Å². The molecule has 0 saturated heterocycles. The van der Waals surface area contributed by atoms with Crippen LogP contribution in [0.15, 0.2) is 27.2 Å². The van der Waals surface area contributed by atoms with Gasteiger partial charge in [-0.3, -0.25) is 0 Å². The molecule has 2 aromatic rings. The SMILES string of the molecule is Cc1nc(CCNc2ccc(N)cc2Br)no1. The van der Waals surface area contributed by atoms with Crippen molar-refractivity contribution in [2.75, 3.05) is 17.6 Å². The number of hydrogen-bond acceptors (Lipinski definition) is 5. The average Bonchev–Trinajstić information content (AvgIpc) is 2.68. The van der Waals surface area contributed by atoms with E-state index in [1.165, 1.54) is 0 Å². The van der Waals surface area contributed by atoms with Gasteiger partial charge in [-0.25, -0.2) is 0 Å². The van der Waals surface area contributed by atoms with E-state index < -0.39 is 0 Å². The molecular formula is C11H13BrN4O. The summed E-state index contributed by atoms with van der Waals surface area (Å²) < 4.78 is 5.84. The normalized spacial score (nSPS) is 10.5. The standard InChI is InChI=1S/C11H13BrN4O/c1-7-15-11(16-17-7)4-5-14-10-3-2-8(13)6-9(10)12/h2-3,6,14H,4-5,13H2,1H3. The second-order valence-electron chi connectivity index (χ2n) is 3.65. The summed E-state index contributed by atoms with van der Waals surface area (Å²) >= 11 is 3.45. The molecule has 0 spiro atoms. The van der Waals surface area contributed by atoms with Crippen molar-refractivity contribution in [2.24, 2.45) is 0 Å². The Labute approximate surface area is 108 Å². The number of nitrogens with two attached hydrogens (primary N) is 1. The van der Waals surface area contributed by atoms with Gasteiger partial charge in [-0.15, -0.1) is 0 Å². The average molecular weight is 297 g/mol. The second-order valence-corrected chi connectivity index (χ2v) is 4.50. The number of aryl methyl sites for hydroxylation is 1. The Balaban J connectivity index is 1.90. The Bertz CT molecular complexity index is 512. The molecular weight excluding hydrogens is 284 g/mol. The highest BCUT2D eigenvalue weighted by molar-refractivity contribution is 9.10. The van der Waals surface area contributed by atoms with Crippen LogP contribution in [-0.2, 0) is 6.42 Å². The Morgan fingerprint density at radius 1 is 1.47 bits per heavy atom. The van der Waals surface area contributed by atoms with Crippen LogP contribution in [0.5, 0.6) is 0 Å². The second kappa shape index (κ2) is 5.18. The number of hydrogen-bond donors (Lipinski definition) is 2. The van der Waals surface area contributed by atoms with Crippen molar-refractivity contribution in [1.29, 1.82) is 0 Å². The summed E-state index contributed by atoms with van der Waals surface area (Å²) in [6, 6.07) is 5.65. The lowest BCUT2D eigenvalue weighted by Gasteiger charge is -2.07. The number of aromatic nitrogens is 2. The predicted molar refractivity (Wildman–Crippen MR) is 69.8 cm³/mol. The highest BCUT2D eigenvalue weighted by Crippen LogP contribution is 2.24. The van der Waals surface area contributed by atoms with Gasteiger partial charge >= 0.3 is 0 Å². The van der Waals surface area contributed by atoms with Gasteiger partial charge in [0.2, 0.25) is 5.89 Å². The molecule has 0 aliphatic heterocycles. The smallest absolute Gasteiger partial charge is 0.223 e. The first-order chi connectivity index (χ1) is 8.15. The molecule has 90 valence electrons. The molecule has 1 aromatic carbocycles. The molecule has 0 atom stereocenters. The van der Waals surface area contributed by atoms with Gasteiger partial charge in [0.05, 0.1) is 0 Å². The minimum Gasteiger partial charge on any atom is -0.399 e. The lowest BCUT2D eigenvalue weighted by atomic mass is 10.3. The molecule has 1 aromatic heterocycles. The zero-order chi connectivity index (χ0) is 12.3. The van der Waals surface area contributed by atoms with E-state index in [9.17, 15) is 0 Å². The fraction of sp³-hybridized carbons (Fsp3) is 0.273. The van der Waals surface area contributed by atoms with Crippen molar-refractivity contribution in [2.45, 2.75) is 13.3 Å². The maximum absolute atomic E-state index is 5.66. The van der Waals surface area contributed by atoms with Gasteiger partial charge in [0.1, 0.15) is 0 Å². The van der Waals surface area contributed by atoms with Crippen molar-refractivity contribution < 1.29 is 4.52 Å². The zero-order valence-corrected chi connectivity index (χ0v) is 11.0. The summed E-state index contributed by atoms with van der Waals surface area (Å²) in [5.74, 6) is 1.30. The third kappa shape index (κ3) is 3.20. The maximum Gasteiger partial charge on any atom is 0.223 e. The number of nitrogen functional groups attached to an aromatic ring is 1. The van der Waals surface area contributed by atoms with Crippen LogP contribution in [0.25, 0.3) is 0 Å². The van der Waals surface area contributed by atoms with E-state index in [2.05, 4.69) is 31.4 Å². The molecule has 0 aliphatic rings. The summed E-state index contributed by atoms with van der Waals surface area (Å²) in [6.45, 7) is 2.52. The number of rotatable bonds is 4. The van der Waals surface area contributed by atoms with Gasteiger partial charge in [0, 0.05) is 35.7 Å². The van der Waals surface area contributed by atoms with Crippen molar-refractivity contribution in [3.05, 3.63) is 34.4 Å². The lowest BCUT2D eigenvalue weighted by molar-refractivity contribution is 0.387. The van der Waals surface area contributed by atoms with Crippen LogP contribution < -0.4 is 11.1 Å². The predicted octanol–water partition coefficient (Wildman–Crippen LogP) is 2.38. The number of halogens is 1. The highest BCUT2D eigenvalue weighted by atomic mass is 79.9. The molecule has 0 saturated carbocycles. The van der Waals surface area contributed by atoms with E-state index in [1.54, 1.807) is 6.92 Å². The fourth-order valence-electron chi connectivity index (χ4n) is 1.43. The van der Waals surface area contributed by atoms with Gasteiger partial charge in [0.25, 0.3) is 0 Å². The van der Waals surface area contributed by atoms with Gasteiger partial charge < -0.3 is 15.6 Å². The van der Waals surface area contributed by atoms with Crippen LogP contribution in [0, 0.1) is 6.92 Å². The number of benzene rings is 1. The number of nitrogens with zero attached hydrogens (tertiary/aromatic N) is 2. The quantitative estimate of drug-likeness (QED) is 0.847. The van der Waals surface area contributed by atoms with Crippen molar-refractivity contribution >= 4 is 27.3 Å². The molecule has 0 unspecified atom stereocenters. The molecule has 5 nitrogen and oxygen atoms in total. The van der Waals surface area contributed by atoms with Gasteiger partial charge in [-0.05, 0) is 34.1 Å². The summed E-state index contributed by atoms with van der Waals surface area (Å²) in [5.41, 5.74) is 7.39. The molecule has 0 bridgehead atoms. The van der Waals surface area contributed by atoms with Crippen LogP contribution in [-0.4, -0.2) is 16.7 Å². The van der Waals surface area contributed by atoms with Crippen molar-refractivity contribution in [3.63, 3.8) is 0 Å². The Morgan fingerprint density at radius 2 is 2.29 bits per heavy atom. The molecule has 0 radical (unpaired) electrons. The summed E-state index contributed by atoms with van der Waals surface area (Å²) in [7, 11) is 0. The van der Waals surface area contributed by atoms with Crippen LogP contribution in [0.3, 0.4) is 0 Å². The third-order valence-electron chi connectivity index (χ3n) is 2.23. The number of nitrogens with one attached hydrogen (secondary N) is 1. The molecule has 3 N–H and O–H groups in total. The van der Waals surface area contributed by atoms with Crippen LogP contribution in [0.4, 0.5) is 11.4 Å². The molecule has 6 heteroatoms. The molecule has 0 fully saturated rings. The van der Waals surface area contributed by atoms with Crippen LogP contribution in [0.1, 0.15) is 11.7 Å². The van der Waals surface area contributed by atoms with Gasteiger partial charge in [-0.2, -0.15) is 4.98 Å². The molecule has 17 heavy (non-hydrogen) atoms. The Morgan fingerprint density at radius 3 is 2.94 bits per heavy atom. The van der Waals surface area contributed by atoms with E-state index >= 15 is 0 Å². The van der Waals surface area contributed by atoms with Crippen molar-refractivity contribution in [1.82, 2.24) is 10.1 Å². The van der Waals surface area contributed by atoms with E-state index in [4.69, 9.17) is 10.3 Å². The summed E-state index contributed by atoms with van der Waals surface area (Å²) in [6.07, 6.45) is 0.716. The van der Waals surface area contributed by atoms with E-state index in [0.717, 1.165) is 22.4 Å². The third-order valence-corrected chi connectivity index (χ3v) is 2.88. The molecule has 0 amide bonds. The van der Waals surface area contributed by atoms with Crippen molar-refractivity contribution in [3.8, 4) is 0 Å². The minimum absolute atomic E-state index is 0.591. The van der Waals surface area contributed by atoms with Gasteiger partial charge in [-0.1, -0.05) is 5.16 Å². The Hall–Kier alpha value is -1.56. The first-order valence-electron chi connectivity index (χ1n) is 5.23. The minimum atomic E-state index is 0.591. The largest absolute Gasteiger partial charge is 0.399 e. The molecule has 2 rings (SSSR count). The monoisotopic (exact) mass is 296 g/mol. The molecule has 0 aliphatic carbocycles. The number of anilines is 2. The van der Waals surface area contributed by atoms with Gasteiger partial charge in [0.15, 0.2) is 5.82 Å². The molecule has 1 heterocycles. The van der Waals surface area contributed by atoms with E-state index in [1.807, 2.05) is 18.2 Å². The first-order valence-corrected chi connectivity index (χ1v) is 6.02. The lowest BCUT2D eigenvalue weighted by Crippen LogP contribution is -2.06. The zero-order valence-electron chi connectivity index (χ0n) is 9.40. The topological polar surface area (TPSA) is 77.0 Å². The first kappa shape index (κ1) is 11.9. The maximum atomic E-state index is 5.66. The van der Waals surface area contributed by atoms with E-state index in [-0.39, 0.29) is 0 Å². The fourth-order valence-corrected chi connectivity index (χ4v) is 1.96. The highest BCUT2D eigenvalue weighted by Gasteiger charge is 2.03. The Kier molecular flexibility index (Phi) is 3.63. The summed E-state index contributed by atoms with van der Waals surface area (Å²) in [4.78, 5) is 4.13. The van der Waals surface area contributed by atoms with Crippen LogP contribution in [0.2, 0.25) is 0 Å².